The highest BCUT2D eigenvalue weighted by Crippen LogP contribution is 2.39. The van der Waals surface area contributed by atoms with Gasteiger partial charge < -0.3 is 30.0 Å². The average Bonchev–Trinajstić information content (AvgIpc) is 3.66. The molecule has 40 heavy (non-hydrogen) atoms. The molecule has 0 fully saturated rings. The van der Waals surface area contributed by atoms with Crippen LogP contribution in [0.1, 0.15) is 21.5 Å². The maximum Gasteiger partial charge on any atom is 0.352 e. The van der Waals surface area contributed by atoms with E-state index in [1.807, 2.05) is 42.5 Å². The molecule has 2 aliphatic heterocycles. The lowest BCUT2D eigenvalue weighted by Gasteiger charge is -2.33. The molecule has 2 aromatic carbocycles. The van der Waals surface area contributed by atoms with E-state index in [0.717, 1.165) is 22.4 Å². The number of primary amides is 1. The van der Waals surface area contributed by atoms with Gasteiger partial charge in [-0.25, -0.2) is 9.67 Å². The number of nitrogens with zero attached hydrogens (tertiary/aromatic N) is 3. The fourth-order valence-electron chi connectivity index (χ4n) is 4.81. The van der Waals surface area contributed by atoms with Crippen molar-refractivity contribution in [1.82, 2.24) is 20.1 Å². The van der Waals surface area contributed by atoms with Gasteiger partial charge in [-0.3, -0.25) is 9.59 Å². The lowest BCUT2D eigenvalue weighted by Crippen LogP contribution is -2.61. The molecule has 4 heterocycles. The van der Waals surface area contributed by atoms with Crippen molar-refractivity contribution >= 4 is 11.8 Å². The van der Waals surface area contributed by atoms with Crippen molar-refractivity contribution in [1.29, 1.82) is 0 Å². The first-order valence-corrected chi connectivity index (χ1v) is 12.5. The number of carbonyl (C=O) groups excluding carboxylic acids is 2. The van der Waals surface area contributed by atoms with Crippen LogP contribution in [0.3, 0.4) is 0 Å². The molecular formula is C29H25N5O6. The topological polar surface area (TPSA) is 140 Å². The smallest absolute Gasteiger partial charge is 0.352 e. The van der Waals surface area contributed by atoms with E-state index in [2.05, 4.69) is 10.3 Å². The molecule has 0 saturated heterocycles. The summed E-state index contributed by atoms with van der Waals surface area (Å²) < 4.78 is 23.8. The first-order valence-electron chi connectivity index (χ1n) is 12.5. The summed E-state index contributed by atoms with van der Waals surface area (Å²) in [4.78, 5) is 30.8. The summed E-state index contributed by atoms with van der Waals surface area (Å²) in [5.41, 5.74) is 9.13. The average molecular weight is 540 g/mol. The summed E-state index contributed by atoms with van der Waals surface area (Å²) in [6.07, 6.45) is 6.02. The number of fused-ring (bicyclic) bond motifs is 3. The van der Waals surface area contributed by atoms with Crippen molar-refractivity contribution < 1.29 is 28.5 Å². The van der Waals surface area contributed by atoms with Gasteiger partial charge in [0.05, 0.1) is 12.7 Å². The maximum atomic E-state index is 13.8. The zero-order valence-corrected chi connectivity index (χ0v) is 21.4. The van der Waals surface area contributed by atoms with Gasteiger partial charge in [-0.05, 0) is 29.8 Å². The van der Waals surface area contributed by atoms with Crippen LogP contribution >= 0.6 is 0 Å². The molecule has 0 radical (unpaired) electrons. The zero-order valence-electron chi connectivity index (χ0n) is 21.4. The van der Waals surface area contributed by atoms with Crippen molar-refractivity contribution in [2.75, 3.05) is 7.11 Å². The third-order valence-electron chi connectivity index (χ3n) is 6.80. The Morgan fingerprint density at radius 2 is 1.93 bits per heavy atom. The van der Waals surface area contributed by atoms with Gasteiger partial charge in [0.2, 0.25) is 0 Å². The summed E-state index contributed by atoms with van der Waals surface area (Å²) >= 11 is 0. The van der Waals surface area contributed by atoms with Crippen LogP contribution in [-0.4, -0.2) is 45.5 Å². The van der Waals surface area contributed by atoms with Crippen LogP contribution in [0, 0.1) is 0 Å². The Labute approximate surface area is 229 Å². The molecule has 11 heteroatoms. The van der Waals surface area contributed by atoms with Gasteiger partial charge >= 0.3 is 11.7 Å². The molecule has 2 aromatic heterocycles. The summed E-state index contributed by atoms with van der Waals surface area (Å²) in [7, 11) is 1.59. The number of benzene rings is 2. The van der Waals surface area contributed by atoms with Crippen molar-refractivity contribution in [2.45, 2.75) is 24.9 Å². The summed E-state index contributed by atoms with van der Waals surface area (Å²) in [6.45, 7) is 0.297. The number of ether oxygens (including phenoxy) is 4. The molecule has 2 aliphatic rings. The second kappa shape index (κ2) is 10.1. The SMILES string of the molecule is COc1ccc2c(c1)OCc1cn(-c3ncccc3C(=O)NC(Cc3ccccc3)C3(C(N)=O)OC=CO3)nc1-2. The molecule has 4 aromatic rings. The quantitative estimate of drug-likeness (QED) is 0.348. The molecule has 0 saturated carbocycles. The number of aromatic nitrogens is 3. The van der Waals surface area contributed by atoms with Crippen LogP contribution < -0.4 is 20.5 Å². The number of hydrogen-bond acceptors (Lipinski definition) is 8. The third kappa shape index (κ3) is 4.37. The molecule has 3 N–H and O–H groups in total. The van der Waals surface area contributed by atoms with Crippen LogP contribution in [0.2, 0.25) is 0 Å². The minimum atomic E-state index is -1.92. The van der Waals surface area contributed by atoms with E-state index in [-0.39, 0.29) is 12.0 Å². The molecule has 1 unspecified atom stereocenters. The standard InChI is InChI=1S/C29H25N5O6/c1-37-20-9-10-21-23(15-20)38-17-19-16-34(33-25(19)21)26-22(8-5-11-31-26)27(35)32-24(14-18-6-3-2-4-7-18)29(28(30)36)39-12-13-40-29/h2-13,15-16,24H,14,17H2,1H3,(H2,30,36)(H,32,35). The number of nitrogens with two attached hydrogens (primary N) is 1. The lowest BCUT2D eigenvalue weighted by molar-refractivity contribution is -0.182. The first kappa shape index (κ1) is 25.0. The van der Waals surface area contributed by atoms with Crippen LogP contribution in [-0.2, 0) is 27.3 Å². The minimum Gasteiger partial charge on any atom is -0.497 e. The number of carbonyl (C=O) groups is 2. The van der Waals surface area contributed by atoms with Crippen LogP contribution in [0.25, 0.3) is 17.1 Å². The second-order valence-corrected chi connectivity index (χ2v) is 9.23. The van der Waals surface area contributed by atoms with Gasteiger partial charge in [-0.1, -0.05) is 30.3 Å². The van der Waals surface area contributed by atoms with Crippen molar-refractivity contribution in [3.8, 4) is 28.6 Å². The van der Waals surface area contributed by atoms with Crippen LogP contribution in [0.5, 0.6) is 11.5 Å². The highest BCUT2D eigenvalue weighted by molar-refractivity contribution is 5.98. The predicted molar refractivity (Wildman–Crippen MR) is 142 cm³/mol. The Morgan fingerprint density at radius 1 is 1.12 bits per heavy atom. The molecule has 2 amide bonds. The molecule has 0 aliphatic carbocycles. The Morgan fingerprint density at radius 3 is 2.67 bits per heavy atom. The fraction of sp³-hybridized carbons (Fsp3) is 0.172. The number of amides is 2. The van der Waals surface area contributed by atoms with E-state index >= 15 is 0 Å². The second-order valence-electron chi connectivity index (χ2n) is 9.23. The fourth-order valence-corrected chi connectivity index (χ4v) is 4.81. The number of pyridine rings is 1. The normalized spacial score (nSPS) is 15.0. The summed E-state index contributed by atoms with van der Waals surface area (Å²) in [5, 5.41) is 7.64. The van der Waals surface area contributed by atoms with Crippen molar-refractivity contribution in [3.05, 3.63) is 102 Å². The van der Waals surface area contributed by atoms with E-state index in [9.17, 15) is 9.59 Å². The molecule has 202 valence electrons. The monoisotopic (exact) mass is 539 g/mol. The van der Waals surface area contributed by atoms with Gasteiger partial charge in [0.1, 0.15) is 42.4 Å². The van der Waals surface area contributed by atoms with Gasteiger partial charge in [0.25, 0.3) is 5.91 Å². The van der Waals surface area contributed by atoms with Gasteiger partial charge in [-0.15, -0.1) is 0 Å². The van der Waals surface area contributed by atoms with Gasteiger partial charge in [-0.2, -0.15) is 5.10 Å². The third-order valence-corrected chi connectivity index (χ3v) is 6.80. The largest absolute Gasteiger partial charge is 0.497 e. The molecule has 6 rings (SSSR count). The minimum absolute atomic E-state index is 0.209. The molecule has 0 spiro atoms. The predicted octanol–water partition coefficient (Wildman–Crippen LogP) is 2.88. The van der Waals surface area contributed by atoms with Crippen LogP contribution in [0.15, 0.2) is 85.6 Å². The molecule has 1 atom stereocenters. The highest BCUT2D eigenvalue weighted by Gasteiger charge is 2.51. The zero-order chi connectivity index (χ0) is 27.7. The van der Waals surface area contributed by atoms with E-state index < -0.39 is 23.6 Å². The maximum absolute atomic E-state index is 13.8. The van der Waals surface area contributed by atoms with Crippen LogP contribution in [0.4, 0.5) is 0 Å². The van der Waals surface area contributed by atoms with E-state index in [1.165, 1.54) is 12.5 Å². The van der Waals surface area contributed by atoms with E-state index in [0.29, 0.717) is 23.9 Å². The number of nitrogens with one attached hydrogen (secondary N) is 1. The van der Waals surface area contributed by atoms with Gasteiger partial charge in [0, 0.05) is 36.0 Å². The number of hydrogen-bond donors (Lipinski definition) is 2. The highest BCUT2D eigenvalue weighted by atomic mass is 16.7. The lowest BCUT2D eigenvalue weighted by atomic mass is 9.97. The van der Waals surface area contributed by atoms with Crippen molar-refractivity contribution in [3.63, 3.8) is 0 Å². The van der Waals surface area contributed by atoms with Gasteiger partial charge in [0.15, 0.2) is 5.82 Å². The Kier molecular flexibility index (Phi) is 6.31. The number of rotatable bonds is 8. The Balaban J connectivity index is 1.34. The van der Waals surface area contributed by atoms with E-state index in [1.54, 1.807) is 42.4 Å². The molecule has 0 bridgehead atoms. The van der Waals surface area contributed by atoms with E-state index in [4.69, 9.17) is 29.8 Å². The Hall–Kier alpha value is -5.32. The number of methoxy groups -OCH3 is 1. The summed E-state index contributed by atoms with van der Waals surface area (Å²) in [5.74, 6) is -1.68. The molecule has 11 nitrogen and oxygen atoms in total. The van der Waals surface area contributed by atoms with Crippen molar-refractivity contribution in [2.24, 2.45) is 5.73 Å². The molecular weight excluding hydrogens is 514 g/mol. The first-order chi connectivity index (χ1) is 19.5. The Bertz CT molecular complexity index is 1610. The summed E-state index contributed by atoms with van der Waals surface area (Å²) in [6, 6.07) is 17.1.